The van der Waals surface area contributed by atoms with E-state index in [1.54, 1.807) is 6.20 Å². The Morgan fingerprint density at radius 2 is 1.68 bits per heavy atom. The first-order valence-electron chi connectivity index (χ1n) is 16.3. The van der Waals surface area contributed by atoms with Crippen LogP contribution >= 0.6 is 0 Å². The number of hydrogen-bond donors (Lipinski definition) is 0. The van der Waals surface area contributed by atoms with Crippen molar-refractivity contribution in [1.82, 2.24) is 19.5 Å². The highest BCUT2D eigenvalue weighted by atomic mass is 28.4. The van der Waals surface area contributed by atoms with E-state index in [0.29, 0.717) is 24.8 Å². The van der Waals surface area contributed by atoms with Gasteiger partial charge in [-0.15, -0.1) is 0 Å². The van der Waals surface area contributed by atoms with Gasteiger partial charge in [-0.1, -0.05) is 38.8 Å². The van der Waals surface area contributed by atoms with Gasteiger partial charge in [-0.05, 0) is 66.9 Å². The Labute approximate surface area is 278 Å². The minimum Gasteiger partial charge on any atom is -0.489 e. The lowest BCUT2D eigenvalue weighted by molar-refractivity contribution is 0.00209. The minimum absolute atomic E-state index is 0.0114. The molecule has 0 saturated heterocycles. The molecule has 0 radical (unpaired) electrons. The zero-order valence-corrected chi connectivity index (χ0v) is 29.4. The van der Waals surface area contributed by atoms with Crippen LogP contribution in [-0.4, -0.2) is 59.4 Å². The zero-order chi connectivity index (χ0) is 33.2. The summed E-state index contributed by atoms with van der Waals surface area (Å²) >= 11 is 0. The van der Waals surface area contributed by atoms with E-state index >= 15 is 0 Å². The van der Waals surface area contributed by atoms with Crippen molar-refractivity contribution in [3.63, 3.8) is 0 Å². The van der Waals surface area contributed by atoms with Gasteiger partial charge in [0.05, 0.1) is 24.4 Å². The smallest absolute Gasteiger partial charge is 0.213 e. The van der Waals surface area contributed by atoms with Crippen LogP contribution in [0, 0.1) is 11.8 Å². The molecule has 244 valence electrons. The molecule has 9 heteroatoms. The van der Waals surface area contributed by atoms with Crippen LogP contribution in [0.5, 0.6) is 11.6 Å². The molecule has 0 spiro atoms. The van der Waals surface area contributed by atoms with Gasteiger partial charge in [-0.25, -0.2) is 9.97 Å². The van der Waals surface area contributed by atoms with Gasteiger partial charge >= 0.3 is 0 Å². The van der Waals surface area contributed by atoms with Gasteiger partial charge in [-0.3, -0.25) is 4.98 Å². The van der Waals surface area contributed by atoms with Crippen molar-refractivity contribution in [2.75, 3.05) is 13.2 Å². The third kappa shape index (κ3) is 7.51. The number of aromatic nitrogens is 4. The van der Waals surface area contributed by atoms with Crippen LogP contribution in [-0.2, 0) is 16.2 Å². The number of aryl methyl sites for hydroxylation is 1. The molecule has 6 rings (SSSR count). The lowest BCUT2D eigenvalue weighted by atomic mass is 9.92. The molecule has 0 amide bonds. The molecule has 0 aliphatic heterocycles. The number of pyridine rings is 3. The standard InChI is InChI=1S/C38H44N4O4Si/c1-26(25-44-47(6,7)38(2,3)4)43-18-8-9-29-12-13-30(23-40-29)45-31-20-32(21-31)46-37-15-11-28(22-41-37)27-10-14-33-34-24-39-17-16-35(34)42(5)36(33)19-27/h10-17,19,22-24,26,31-32H,18,20-21,25H2,1-7H3. The van der Waals surface area contributed by atoms with E-state index in [1.807, 2.05) is 43.7 Å². The second-order valence-electron chi connectivity index (χ2n) is 13.9. The molecule has 1 unspecified atom stereocenters. The van der Waals surface area contributed by atoms with E-state index in [9.17, 15) is 0 Å². The van der Waals surface area contributed by atoms with Gasteiger partial charge in [0.15, 0.2) is 8.32 Å². The van der Waals surface area contributed by atoms with Gasteiger partial charge in [0.25, 0.3) is 0 Å². The molecule has 1 aliphatic rings. The number of nitrogens with zero attached hydrogens (tertiary/aromatic N) is 4. The molecule has 0 N–H and O–H groups in total. The fraction of sp³-hybridized carbons (Fsp3) is 0.395. The SMILES string of the molecule is CC(CO[Si](C)(C)C(C)(C)C)OCC#Cc1ccc(OC2CC(Oc3ccc(-c4ccc5c6cnccc6n(C)c5c4)cn3)C2)cn1. The summed E-state index contributed by atoms with van der Waals surface area (Å²) in [4.78, 5) is 13.3. The van der Waals surface area contributed by atoms with Crippen LogP contribution in [0.15, 0.2) is 73.3 Å². The molecule has 5 aromatic rings. The summed E-state index contributed by atoms with van der Waals surface area (Å²) in [6.07, 6.45) is 9.11. The average molecular weight is 649 g/mol. The van der Waals surface area contributed by atoms with Gasteiger partial charge in [0.1, 0.15) is 30.3 Å². The Morgan fingerprint density at radius 3 is 2.40 bits per heavy atom. The van der Waals surface area contributed by atoms with E-state index in [2.05, 4.69) is 103 Å². The molecule has 1 atom stereocenters. The van der Waals surface area contributed by atoms with Gasteiger partial charge < -0.3 is 23.2 Å². The fourth-order valence-electron chi connectivity index (χ4n) is 5.35. The monoisotopic (exact) mass is 648 g/mol. The summed E-state index contributed by atoms with van der Waals surface area (Å²) in [6.45, 7) is 14.2. The van der Waals surface area contributed by atoms with Gasteiger partial charge in [0.2, 0.25) is 5.88 Å². The normalized spacial score (nSPS) is 17.2. The van der Waals surface area contributed by atoms with E-state index in [-0.39, 0.29) is 23.4 Å². The van der Waals surface area contributed by atoms with Gasteiger partial charge in [0, 0.05) is 66.4 Å². The number of rotatable bonds is 10. The Bertz CT molecular complexity index is 1900. The maximum Gasteiger partial charge on any atom is 0.213 e. The summed E-state index contributed by atoms with van der Waals surface area (Å²) in [7, 11) is 0.310. The zero-order valence-electron chi connectivity index (χ0n) is 28.4. The Balaban J connectivity index is 0.933. The molecule has 1 fully saturated rings. The number of benzene rings is 1. The maximum absolute atomic E-state index is 6.23. The Hall–Kier alpha value is -4.23. The predicted molar refractivity (Wildman–Crippen MR) is 189 cm³/mol. The van der Waals surface area contributed by atoms with Crippen LogP contribution in [0.2, 0.25) is 18.1 Å². The predicted octanol–water partition coefficient (Wildman–Crippen LogP) is 7.95. The molecule has 1 aromatic carbocycles. The van der Waals surface area contributed by atoms with E-state index in [0.717, 1.165) is 35.1 Å². The highest BCUT2D eigenvalue weighted by Crippen LogP contribution is 2.37. The summed E-state index contributed by atoms with van der Waals surface area (Å²) in [6, 6.07) is 16.3. The fourth-order valence-corrected chi connectivity index (χ4v) is 6.44. The van der Waals surface area contributed by atoms with E-state index < -0.39 is 8.32 Å². The first-order valence-corrected chi connectivity index (χ1v) is 19.2. The quantitative estimate of drug-likeness (QED) is 0.112. The molecule has 1 aliphatic carbocycles. The van der Waals surface area contributed by atoms with Crippen LogP contribution in [0.25, 0.3) is 32.9 Å². The second-order valence-corrected chi connectivity index (χ2v) is 18.7. The molecular weight excluding hydrogens is 605 g/mol. The summed E-state index contributed by atoms with van der Waals surface area (Å²) in [5, 5.41) is 2.54. The molecule has 0 bridgehead atoms. The summed E-state index contributed by atoms with van der Waals surface area (Å²) in [5.74, 6) is 7.47. The summed E-state index contributed by atoms with van der Waals surface area (Å²) < 4.78 is 26.5. The largest absolute Gasteiger partial charge is 0.489 e. The average Bonchev–Trinajstić information content (AvgIpc) is 3.32. The van der Waals surface area contributed by atoms with Crippen molar-refractivity contribution in [3.05, 3.63) is 79.0 Å². The molecule has 1 saturated carbocycles. The molecule has 4 heterocycles. The van der Waals surface area contributed by atoms with Gasteiger partial charge in [-0.2, -0.15) is 0 Å². The Kier molecular flexibility index (Phi) is 9.38. The maximum atomic E-state index is 6.23. The first-order chi connectivity index (χ1) is 22.5. The first kappa shape index (κ1) is 32.7. The lowest BCUT2D eigenvalue weighted by Gasteiger charge is -2.36. The van der Waals surface area contributed by atoms with Crippen molar-refractivity contribution in [2.45, 2.75) is 77.0 Å². The molecule has 8 nitrogen and oxygen atoms in total. The minimum atomic E-state index is -1.78. The van der Waals surface area contributed by atoms with E-state index in [4.69, 9.17) is 18.6 Å². The molecule has 4 aromatic heterocycles. The third-order valence-corrected chi connectivity index (χ3v) is 13.9. The molecular formula is C38H44N4O4Si. The topological polar surface area (TPSA) is 80.5 Å². The van der Waals surface area contributed by atoms with Crippen LogP contribution in [0.3, 0.4) is 0 Å². The lowest BCUT2D eigenvalue weighted by Crippen LogP contribution is -2.42. The van der Waals surface area contributed by atoms with Crippen molar-refractivity contribution in [1.29, 1.82) is 0 Å². The summed E-state index contributed by atoms with van der Waals surface area (Å²) in [5.41, 5.74) is 5.19. The number of ether oxygens (including phenoxy) is 3. The third-order valence-electron chi connectivity index (χ3n) is 9.40. The Morgan fingerprint density at radius 1 is 0.894 bits per heavy atom. The number of hydrogen-bond acceptors (Lipinski definition) is 7. The van der Waals surface area contributed by atoms with E-state index in [1.165, 1.54) is 16.4 Å². The second kappa shape index (κ2) is 13.5. The highest BCUT2D eigenvalue weighted by molar-refractivity contribution is 6.74. The van der Waals surface area contributed by atoms with Crippen molar-refractivity contribution in [2.24, 2.45) is 7.05 Å². The highest BCUT2D eigenvalue weighted by Gasteiger charge is 2.37. The van der Waals surface area contributed by atoms with Crippen molar-refractivity contribution >= 4 is 30.1 Å². The molecule has 47 heavy (non-hydrogen) atoms. The van der Waals surface area contributed by atoms with Crippen molar-refractivity contribution < 1.29 is 18.6 Å². The van der Waals surface area contributed by atoms with Crippen LogP contribution in [0.1, 0.15) is 46.2 Å². The van der Waals surface area contributed by atoms with Crippen LogP contribution < -0.4 is 9.47 Å². The van der Waals surface area contributed by atoms with Crippen LogP contribution in [0.4, 0.5) is 0 Å². The van der Waals surface area contributed by atoms with Crippen molar-refractivity contribution in [3.8, 4) is 34.6 Å². The number of fused-ring (bicyclic) bond motifs is 3.